The summed E-state index contributed by atoms with van der Waals surface area (Å²) in [5, 5.41) is 3.73. The maximum Gasteiger partial charge on any atom is 0.211 e. The average molecular weight is 279 g/mol. The van der Waals surface area contributed by atoms with Crippen molar-refractivity contribution < 1.29 is 4.42 Å². The first-order valence-corrected chi connectivity index (χ1v) is 7.79. The van der Waals surface area contributed by atoms with Crippen molar-refractivity contribution in [3.05, 3.63) is 17.8 Å². The molecule has 3 atom stereocenters. The van der Waals surface area contributed by atoms with Crippen molar-refractivity contribution in [2.24, 2.45) is 5.92 Å². The average Bonchev–Trinajstić information content (AvgIpc) is 2.84. The molecule has 1 N–H and O–H groups in total. The van der Waals surface area contributed by atoms with Gasteiger partial charge in [-0.3, -0.25) is 4.90 Å². The maximum absolute atomic E-state index is 5.76. The highest BCUT2D eigenvalue weighted by atomic mass is 16.4. The molecule has 4 nitrogen and oxygen atoms in total. The molecule has 3 unspecified atom stereocenters. The summed E-state index contributed by atoms with van der Waals surface area (Å²) in [6.07, 6.45) is 2.95. The van der Waals surface area contributed by atoms with Crippen molar-refractivity contribution in [2.75, 3.05) is 13.1 Å². The highest BCUT2D eigenvalue weighted by molar-refractivity contribution is 5.02. The SMILES string of the molecule is CCC1(C)CN(C(C)c2ncc(C)o2)C(C(C)C)CN1. The second-order valence-electron chi connectivity index (χ2n) is 6.76. The van der Waals surface area contributed by atoms with Gasteiger partial charge in [0.1, 0.15) is 5.76 Å². The van der Waals surface area contributed by atoms with Crippen LogP contribution in [0.25, 0.3) is 0 Å². The molecule has 0 aromatic carbocycles. The first kappa shape index (κ1) is 15.5. The first-order valence-electron chi connectivity index (χ1n) is 7.79. The zero-order valence-corrected chi connectivity index (χ0v) is 13.7. The van der Waals surface area contributed by atoms with Crippen LogP contribution in [0.3, 0.4) is 0 Å². The molecule has 1 aliphatic rings. The van der Waals surface area contributed by atoms with E-state index in [4.69, 9.17) is 4.42 Å². The van der Waals surface area contributed by atoms with Gasteiger partial charge < -0.3 is 9.73 Å². The molecule has 2 rings (SSSR count). The summed E-state index contributed by atoms with van der Waals surface area (Å²) in [6, 6.07) is 0.751. The fourth-order valence-electron chi connectivity index (χ4n) is 3.03. The van der Waals surface area contributed by atoms with Crippen LogP contribution < -0.4 is 5.32 Å². The molecule has 1 fully saturated rings. The number of hydrogen-bond donors (Lipinski definition) is 1. The van der Waals surface area contributed by atoms with Crippen LogP contribution in [0, 0.1) is 12.8 Å². The largest absolute Gasteiger partial charge is 0.444 e. The number of nitrogens with one attached hydrogen (secondary N) is 1. The van der Waals surface area contributed by atoms with Crippen LogP contribution in [0.4, 0.5) is 0 Å². The quantitative estimate of drug-likeness (QED) is 0.919. The minimum Gasteiger partial charge on any atom is -0.444 e. The van der Waals surface area contributed by atoms with E-state index in [1.165, 1.54) is 0 Å². The molecule has 2 heterocycles. The molecule has 0 aliphatic carbocycles. The third-order valence-electron chi connectivity index (χ3n) is 4.74. The Labute approximate surface area is 122 Å². The van der Waals surface area contributed by atoms with Crippen molar-refractivity contribution in [3.63, 3.8) is 0 Å². The Hall–Kier alpha value is -0.870. The first-order chi connectivity index (χ1) is 9.36. The number of oxazole rings is 1. The zero-order valence-electron chi connectivity index (χ0n) is 13.7. The normalized spacial score (nSPS) is 29.9. The van der Waals surface area contributed by atoms with E-state index in [9.17, 15) is 0 Å². The molecular weight excluding hydrogens is 250 g/mol. The molecule has 0 saturated carbocycles. The molecule has 1 aliphatic heterocycles. The highest BCUT2D eigenvalue weighted by Crippen LogP contribution is 2.30. The molecule has 0 radical (unpaired) electrons. The molecule has 114 valence electrons. The van der Waals surface area contributed by atoms with Crippen molar-refractivity contribution in [1.82, 2.24) is 15.2 Å². The Morgan fingerprint density at radius 2 is 2.20 bits per heavy atom. The van der Waals surface area contributed by atoms with Crippen molar-refractivity contribution in [1.29, 1.82) is 0 Å². The lowest BCUT2D eigenvalue weighted by Crippen LogP contribution is -2.64. The van der Waals surface area contributed by atoms with Gasteiger partial charge in [0.25, 0.3) is 0 Å². The van der Waals surface area contributed by atoms with Crippen molar-refractivity contribution >= 4 is 0 Å². The highest BCUT2D eigenvalue weighted by Gasteiger charge is 2.39. The van der Waals surface area contributed by atoms with Gasteiger partial charge in [-0.05, 0) is 33.1 Å². The van der Waals surface area contributed by atoms with Gasteiger partial charge in [0, 0.05) is 24.7 Å². The predicted molar refractivity (Wildman–Crippen MR) is 81.7 cm³/mol. The van der Waals surface area contributed by atoms with Gasteiger partial charge in [0.2, 0.25) is 5.89 Å². The van der Waals surface area contributed by atoms with E-state index in [-0.39, 0.29) is 11.6 Å². The summed E-state index contributed by atoms with van der Waals surface area (Å²) in [5.74, 6) is 2.34. The fraction of sp³-hybridized carbons (Fsp3) is 0.812. The minimum absolute atomic E-state index is 0.182. The summed E-state index contributed by atoms with van der Waals surface area (Å²) in [7, 11) is 0. The Bertz CT molecular complexity index is 443. The summed E-state index contributed by atoms with van der Waals surface area (Å²) in [4.78, 5) is 6.99. The molecule has 0 spiro atoms. The van der Waals surface area contributed by atoms with E-state index in [1.807, 2.05) is 13.1 Å². The molecule has 0 amide bonds. The lowest BCUT2D eigenvalue weighted by molar-refractivity contribution is 0.0208. The zero-order chi connectivity index (χ0) is 14.9. The third-order valence-corrected chi connectivity index (χ3v) is 4.74. The molecule has 1 aromatic heterocycles. The summed E-state index contributed by atoms with van der Waals surface area (Å²) in [6.45, 7) is 15.4. The molecule has 1 aromatic rings. The van der Waals surface area contributed by atoms with Gasteiger partial charge in [-0.15, -0.1) is 0 Å². The van der Waals surface area contributed by atoms with Gasteiger partial charge in [0.15, 0.2) is 0 Å². The lowest BCUT2D eigenvalue weighted by Gasteiger charge is -2.49. The fourth-order valence-corrected chi connectivity index (χ4v) is 3.03. The standard InChI is InChI=1S/C16H29N3O/c1-7-16(6)10-19(14(9-18-16)11(2)3)13(5)15-17-8-12(4)20-15/h8,11,13-14,18H,7,9-10H2,1-6H3. The molecule has 0 bridgehead atoms. The number of aromatic nitrogens is 1. The monoisotopic (exact) mass is 279 g/mol. The van der Waals surface area contributed by atoms with Crippen LogP contribution >= 0.6 is 0 Å². The Kier molecular flexibility index (Phi) is 4.55. The lowest BCUT2D eigenvalue weighted by atomic mass is 9.89. The topological polar surface area (TPSA) is 41.3 Å². The van der Waals surface area contributed by atoms with Crippen LogP contribution in [0.15, 0.2) is 10.6 Å². The number of piperazine rings is 1. The number of hydrogen-bond acceptors (Lipinski definition) is 4. The van der Waals surface area contributed by atoms with E-state index in [0.717, 1.165) is 31.2 Å². The minimum atomic E-state index is 0.182. The Balaban J connectivity index is 2.22. The summed E-state index contributed by atoms with van der Waals surface area (Å²) < 4.78 is 5.76. The van der Waals surface area contributed by atoms with E-state index in [1.54, 1.807) is 0 Å². The van der Waals surface area contributed by atoms with Gasteiger partial charge in [-0.2, -0.15) is 0 Å². The van der Waals surface area contributed by atoms with E-state index in [0.29, 0.717) is 12.0 Å². The molecular formula is C16H29N3O. The van der Waals surface area contributed by atoms with Crippen LogP contribution in [0.2, 0.25) is 0 Å². The predicted octanol–water partition coefficient (Wildman–Crippen LogP) is 3.14. The number of aryl methyl sites for hydroxylation is 1. The van der Waals surface area contributed by atoms with Crippen molar-refractivity contribution in [2.45, 2.75) is 65.6 Å². The smallest absolute Gasteiger partial charge is 0.211 e. The van der Waals surface area contributed by atoms with Gasteiger partial charge >= 0.3 is 0 Å². The van der Waals surface area contributed by atoms with Crippen LogP contribution in [-0.2, 0) is 0 Å². The Morgan fingerprint density at radius 3 is 2.70 bits per heavy atom. The van der Waals surface area contributed by atoms with E-state index < -0.39 is 0 Å². The van der Waals surface area contributed by atoms with Crippen molar-refractivity contribution in [3.8, 4) is 0 Å². The van der Waals surface area contributed by atoms with Gasteiger partial charge in [0.05, 0.1) is 12.2 Å². The second kappa shape index (κ2) is 5.86. The number of nitrogens with zero attached hydrogens (tertiary/aromatic N) is 2. The van der Waals surface area contributed by atoms with E-state index >= 15 is 0 Å². The van der Waals surface area contributed by atoms with Gasteiger partial charge in [-0.1, -0.05) is 20.8 Å². The molecule has 4 heteroatoms. The van der Waals surface area contributed by atoms with Gasteiger partial charge in [-0.25, -0.2) is 4.98 Å². The van der Waals surface area contributed by atoms with Crippen LogP contribution in [-0.4, -0.2) is 34.6 Å². The van der Waals surface area contributed by atoms with Crippen LogP contribution in [0.1, 0.15) is 58.7 Å². The van der Waals surface area contributed by atoms with E-state index in [2.05, 4.69) is 49.8 Å². The number of rotatable bonds is 4. The molecule has 1 saturated heterocycles. The Morgan fingerprint density at radius 1 is 1.50 bits per heavy atom. The summed E-state index contributed by atoms with van der Waals surface area (Å²) in [5.41, 5.74) is 0.182. The summed E-state index contributed by atoms with van der Waals surface area (Å²) >= 11 is 0. The maximum atomic E-state index is 5.76. The third kappa shape index (κ3) is 3.07. The second-order valence-corrected chi connectivity index (χ2v) is 6.76. The van der Waals surface area contributed by atoms with Crippen LogP contribution in [0.5, 0.6) is 0 Å². The molecule has 20 heavy (non-hydrogen) atoms.